The average molecular weight is 376 g/mol. The molecule has 1 N–H and O–H groups in total. The molecule has 0 bridgehead atoms. The molecule has 1 aliphatic rings. The third kappa shape index (κ3) is 4.06. The fourth-order valence-electron chi connectivity index (χ4n) is 3.55. The first-order chi connectivity index (χ1) is 13.7. The van der Waals surface area contributed by atoms with Gasteiger partial charge in [0, 0.05) is 24.0 Å². The van der Waals surface area contributed by atoms with Crippen LogP contribution >= 0.6 is 0 Å². The molecule has 1 amide bonds. The first kappa shape index (κ1) is 18.2. The van der Waals surface area contributed by atoms with E-state index in [1.54, 1.807) is 24.2 Å². The molecule has 2 aromatic heterocycles. The van der Waals surface area contributed by atoms with Crippen molar-refractivity contribution in [1.82, 2.24) is 20.1 Å². The van der Waals surface area contributed by atoms with Gasteiger partial charge in [-0.2, -0.15) is 5.10 Å². The topological polar surface area (TPSA) is 69.0 Å². The zero-order valence-corrected chi connectivity index (χ0v) is 16.0. The van der Waals surface area contributed by atoms with Crippen molar-refractivity contribution in [1.29, 1.82) is 0 Å². The van der Waals surface area contributed by atoms with E-state index < -0.39 is 0 Å². The van der Waals surface area contributed by atoms with Crippen molar-refractivity contribution in [3.05, 3.63) is 60.6 Å². The number of benzene rings is 1. The van der Waals surface area contributed by atoms with Crippen molar-refractivity contribution >= 4 is 5.91 Å². The lowest BCUT2D eigenvalue weighted by molar-refractivity contribution is 0.0927. The molecular weight excluding hydrogens is 352 g/mol. The molecule has 144 valence electrons. The summed E-state index contributed by atoms with van der Waals surface area (Å²) in [6.07, 6.45) is 11.1. The average Bonchev–Trinajstić information content (AvgIpc) is 3.25. The van der Waals surface area contributed by atoms with Gasteiger partial charge < -0.3 is 10.1 Å². The Morgan fingerprint density at radius 1 is 1.07 bits per heavy atom. The van der Waals surface area contributed by atoms with E-state index in [4.69, 9.17) is 4.74 Å². The van der Waals surface area contributed by atoms with Crippen molar-refractivity contribution in [3.63, 3.8) is 0 Å². The molecule has 1 aromatic carbocycles. The largest absolute Gasteiger partial charge is 0.497 e. The van der Waals surface area contributed by atoms with Gasteiger partial charge >= 0.3 is 0 Å². The molecule has 0 aliphatic heterocycles. The maximum Gasteiger partial charge on any atom is 0.253 e. The Morgan fingerprint density at radius 2 is 1.86 bits per heavy atom. The molecule has 0 atom stereocenters. The number of hydrogen-bond donors (Lipinski definition) is 1. The number of rotatable bonds is 5. The molecule has 4 rings (SSSR count). The minimum absolute atomic E-state index is 0.0418. The van der Waals surface area contributed by atoms with Crippen LogP contribution in [0, 0.1) is 0 Å². The maximum atomic E-state index is 12.4. The van der Waals surface area contributed by atoms with Crippen LogP contribution in [0.1, 0.15) is 42.5 Å². The summed E-state index contributed by atoms with van der Waals surface area (Å²) in [5.74, 6) is 0.764. The second kappa shape index (κ2) is 8.25. The van der Waals surface area contributed by atoms with Gasteiger partial charge in [-0.15, -0.1) is 0 Å². The molecule has 0 spiro atoms. The highest BCUT2D eigenvalue weighted by Gasteiger charge is 2.17. The zero-order valence-electron chi connectivity index (χ0n) is 16.0. The molecule has 6 nitrogen and oxygen atoms in total. The highest BCUT2D eigenvalue weighted by molar-refractivity contribution is 5.94. The normalized spacial score (nSPS) is 14.6. The SMILES string of the molecule is COc1ccc(-n2cc(-c3ccc(C(=O)NC4CCCCC4)cn3)cn2)cc1. The Labute approximate surface area is 164 Å². The Morgan fingerprint density at radius 3 is 2.54 bits per heavy atom. The molecule has 28 heavy (non-hydrogen) atoms. The molecule has 2 heterocycles. The monoisotopic (exact) mass is 376 g/mol. The maximum absolute atomic E-state index is 12.4. The Balaban J connectivity index is 1.45. The number of hydrogen-bond acceptors (Lipinski definition) is 4. The van der Waals surface area contributed by atoms with Gasteiger partial charge in [-0.1, -0.05) is 19.3 Å². The van der Waals surface area contributed by atoms with Crippen molar-refractivity contribution < 1.29 is 9.53 Å². The van der Waals surface area contributed by atoms with E-state index in [0.717, 1.165) is 35.5 Å². The van der Waals surface area contributed by atoms with Gasteiger partial charge in [0.1, 0.15) is 5.75 Å². The lowest BCUT2D eigenvalue weighted by atomic mass is 9.95. The van der Waals surface area contributed by atoms with Crippen molar-refractivity contribution in [2.45, 2.75) is 38.1 Å². The van der Waals surface area contributed by atoms with Crippen LogP contribution < -0.4 is 10.1 Å². The predicted octanol–water partition coefficient (Wildman–Crippen LogP) is 4.01. The second-order valence-electron chi connectivity index (χ2n) is 7.11. The molecule has 1 saturated carbocycles. The van der Waals surface area contributed by atoms with Gasteiger partial charge in [0.2, 0.25) is 0 Å². The smallest absolute Gasteiger partial charge is 0.253 e. The summed E-state index contributed by atoms with van der Waals surface area (Å²) in [7, 11) is 1.64. The van der Waals surface area contributed by atoms with Gasteiger partial charge in [0.05, 0.1) is 30.3 Å². The summed E-state index contributed by atoms with van der Waals surface area (Å²) < 4.78 is 6.98. The standard InChI is InChI=1S/C22H24N4O2/c1-28-20-10-8-19(9-11-20)26-15-17(14-24-26)21-12-7-16(13-23-21)22(27)25-18-5-3-2-4-6-18/h7-15,18H,2-6H2,1H3,(H,25,27). The molecule has 0 radical (unpaired) electrons. The van der Waals surface area contributed by atoms with E-state index >= 15 is 0 Å². The van der Waals surface area contributed by atoms with Crippen LogP contribution in [-0.2, 0) is 0 Å². The van der Waals surface area contributed by atoms with Gasteiger partial charge in [0.15, 0.2) is 0 Å². The third-order valence-electron chi connectivity index (χ3n) is 5.18. The lowest BCUT2D eigenvalue weighted by Gasteiger charge is -2.22. The van der Waals surface area contributed by atoms with Crippen LogP contribution in [-0.4, -0.2) is 33.8 Å². The van der Waals surface area contributed by atoms with Gasteiger partial charge in [-0.3, -0.25) is 9.78 Å². The number of methoxy groups -OCH3 is 1. The first-order valence-electron chi connectivity index (χ1n) is 9.69. The van der Waals surface area contributed by atoms with Crippen LogP contribution in [0.3, 0.4) is 0 Å². The number of ether oxygens (including phenoxy) is 1. The molecule has 6 heteroatoms. The molecule has 1 fully saturated rings. The Hall–Kier alpha value is -3.15. The second-order valence-corrected chi connectivity index (χ2v) is 7.11. The highest BCUT2D eigenvalue weighted by Crippen LogP contribution is 2.21. The number of pyridine rings is 1. The number of nitrogens with zero attached hydrogens (tertiary/aromatic N) is 3. The van der Waals surface area contributed by atoms with Crippen LogP contribution in [0.4, 0.5) is 0 Å². The Bertz CT molecular complexity index is 926. The molecule has 0 saturated heterocycles. The van der Waals surface area contributed by atoms with Crippen LogP contribution in [0.25, 0.3) is 16.9 Å². The van der Waals surface area contributed by atoms with Crippen LogP contribution in [0.15, 0.2) is 55.0 Å². The van der Waals surface area contributed by atoms with E-state index in [-0.39, 0.29) is 5.91 Å². The summed E-state index contributed by atoms with van der Waals surface area (Å²) in [5.41, 5.74) is 3.22. The van der Waals surface area contributed by atoms with Crippen LogP contribution in [0.5, 0.6) is 5.75 Å². The first-order valence-corrected chi connectivity index (χ1v) is 9.69. The summed E-state index contributed by atoms with van der Waals surface area (Å²) in [6, 6.07) is 11.7. The number of carbonyl (C=O) groups is 1. The minimum atomic E-state index is -0.0418. The quantitative estimate of drug-likeness (QED) is 0.731. The van der Waals surface area contributed by atoms with Crippen LogP contribution in [0.2, 0.25) is 0 Å². The van der Waals surface area contributed by atoms with E-state index in [1.165, 1.54) is 19.3 Å². The Kier molecular flexibility index (Phi) is 5.37. The number of nitrogens with one attached hydrogen (secondary N) is 1. The lowest BCUT2D eigenvalue weighted by Crippen LogP contribution is -2.36. The van der Waals surface area contributed by atoms with E-state index in [0.29, 0.717) is 11.6 Å². The van der Waals surface area contributed by atoms with E-state index in [9.17, 15) is 4.79 Å². The third-order valence-corrected chi connectivity index (χ3v) is 5.18. The summed E-state index contributed by atoms with van der Waals surface area (Å²) >= 11 is 0. The van der Waals surface area contributed by atoms with Gasteiger partial charge in [-0.25, -0.2) is 4.68 Å². The zero-order chi connectivity index (χ0) is 19.3. The van der Waals surface area contributed by atoms with Gasteiger partial charge in [0.25, 0.3) is 5.91 Å². The summed E-state index contributed by atoms with van der Waals surface area (Å²) in [6.45, 7) is 0. The minimum Gasteiger partial charge on any atom is -0.497 e. The van der Waals surface area contributed by atoms with Crippen molar-refractivity contribution in [3.8, 4) is 22.7 Å². The van der Waals surface area contributed by atoms with E-state index in [2.05, 4.69) is 15.4 Å². The molecule has 0 unspecified atom stereocenters. The molecule has 1 aliphatic carbocycles. The molecular formula is C22H24N4O2. The van der Waals surface area contributed by atoms with Gasteiger partial charge in [-0.05, 0) is 49.2 Å². The number of amides is 1. The summed E-state index contributed by atoms with van der Waals surface area (Å²) in [4.78, 5) is 16.9. The van der Waals surface area contributed by atoms with E-state index in [1.807, 2.05) is 42.6 Å². The number of aromatic nitrogens is 3. The van der Waals surface area contributed by atoms with Crippen molar-refractivity contribution in [2.24, 2.45) is 0 Å². The molecule has 3 aromatic rings. The van der Waals surface area contributed by atoms with Crippen molar-refractivity contribution in [2.75, 3.05) is 7.11 Å². The fraction of sp³-hybridized carbons (Fsp3) is 0.318. The predicted molar refractivity (Wildman–Crippen MR) is 108 cm³/mol. The number of carbonyl (C=O) groups excluding carboxylic acids is 1. The highest BCUT2D eigenvalue weighted by atomic mass is 16.5. The fourth-order valence-corrected chi connectivity index (χ4v) is 3.55. The summed E-state index contributed by atoms with van der Waals surface area (Å²) in [5, 5.41) is 7.53.